The Morgan fingerprint density at radius 2 is 1.38 bits per heavy atom. The summed E-state index contributed by atoms with van der Waals surface area (Å²) in [5.74, 6) is 0.296. The number of nitrogens with one attached hydrogen (secondary N) is 2. The summed E-state index contributed by atoms with van der Waals surface area (Å²) in [5.41, 5.74) is 1.28. The summed E-state index contributed by atoms with van der Waals surface area (Å²) < 4.78 is 16.9. The van der Waals surface area contributed by atoms with Crippen LogP contribution in [0.25, 0.3) is 0 Å². The van der Waals surface area contributed by atoms with Crippen molar-refractivity contribution in [3.63, 3.8) is 0 Å². The minimum Gasteiger partial charge on any atom is -0.492 e. The highest BCUT2D eigenvalue weighted by Crippen LogP contribution is 2.37. The number of hydrogen-bond acceptors (Lipinski definition) is 5. The Hall–Kier alpha value is -3.42. The van der Waals surface area contributed by atoms with Crippen LogP contribution in [0.3, 0.4) is 0 Å². The van der Waals surface area contributed by atoms with Crippen LogP contribution in [0.2, 0.25) is 10.0 Å². The van der Waals surface area contributed by atoms with Gasteiger partial charge in [-0.15, -0.1) is 0 Å². The molecular formula is C25H24Cl2N2O5. The Balaban J connectivity index is 1.80. The molecule has 0 atom stereocenters. The van der Waals surface area contributed by atoms with Crippen molar-refractivity contribution in [2.45, 2.75) is 13.8 Å². The van der Waals surface area contributed by atoms with Crippen molar-refractivity contribution >= 4 is 46.4 Å². The Bertz CT molecular complexity index is 1160. The second kappa shape index (κ2) is 12.2. The highest BCUT2D eigenvalue weighted by Gasteiger charge is 2.17. The third-order valence-electron chi connectivity index (χ3n) is 4.49. The third-order valence-corrected chi connectivity index (χ3v) is 5.04. The number of anilines is 2. The number of halogens is 2. The van der Waals surface area contributed by atoms with E-state index in [9.17, 15) is 9.59 Å². The third kappa shape index (κ3) is 6.79. The number of hydrogen-bond donors (Lipinski definition) is 2. The molecule has 178 valence electrons. The zero-order valence-electron chi connectivity index (χ0n) is 18.7. The molecule has 3 aromatic rings. The van der Waals surface area contributed by atoms with Gasteiger partial charge in [0.1, 0.15) is 17.2 Å². The molecule has 34 heavy (non-hydrogen) atoms. The molecule has 0 heterocycles. The SMILES string of the molecule is CCOc1cc(NC(=O)c2ccccc2)c(OCC)cc1NC(=O)COc1cc(Cl)ccc1Cl. The summed E-state index contributed by atoms with van der Waals surface area (Å²) >= 11 is 12.0. The van der Waals surface area contributed by atoms with E-state index in [0.717, 1.165) is 0 Å². The second-order valence-electron chi connectivity index (χ2n) is 6.94. The zero-order valence-corrected chi connectivity index (χ0v) is 20.2. The lowest BCUT2D eigenvalue weighted by molar-refractivity contribution is -0.118. The standard InChI is InChI=1S/C25H24Cl2N2O5/c1-3-32-22-14-20(29-25(31)16-8-6-5-7-9-16)23(33-4-2)13-19(22)28-24(30)15-34-21-12-17(26)10-11-18(21)27/h5-14H,3-4,15H2,1-2H3,(H,28,30)(H,29,31). The van der Waals surface area contributed by atoms with Gasteiger partial charge in [-0.2, -0.15) is 0 Å². The van der Waals surface area contributed by atoms with E-state index in [2.05, 4.69) is 10.6 Å². The Morgan fingerprint density at radius 1 is 0.765 bits per heavy atom. The number of ether oxygens (including phenoxy) is 3. The fourth-order valence-electron chi connectivity index (χ4n) is 3.01. The molecule has 0 aromatic heterocycles. The van der Waals surface area contributed by atoms with Gasteiger partial charge in [0.25, 0.3) is 11.8 Å². The van der Waals surface area contributed by atoms with Crippen LogP contribution < -0.4 is 24.8 Å². The van der Waals surface area contributed by atoms with Gasteiger partial charge in [-0.1, -0.05) is 41.4 Å². The van der Waals surface area contributed by atoms with Crippen molar-refractivity contribution < 1.29 is 23.8 Å². The molecule has 0 aliphatic heterocycles. The highest BCUT2D eigenvalue weighted by molar-refractivity contribution is 6.34. The van der Waals surface area contributed by atoms with Crippen LogP contribution in [-0.4, -0.2) is 31.6 Å². The summed E-state index contributed by atoms with van der Waals surface area (Å²) in [6, 6.07) is 16.7. The normalized spacial score (nSPS) is 10.4. The van der Waals surface area contributed by atoms with Crippen molar-refractivity contribution in [2.75, 3.05) is 30.5 Å². The van der Waals surface area contributed by atoms with E-state index in [1.165, 1.54) is 6.07 Å². The van der Waals surface area contributed by atoms with Gasteiger partial charge in [0.15, 0.2) is 6.61 Å². The van der Waals surface area contributed by atoms with Gasteiger partial charge >= 0.3 is 0 Å². The van der Waals surface area contributed by atoms with Gasteiger partial charge in [-0.3, -0.25) is 9.59 Å². The predicted octanol–water partition coefficient (Wildman–Crippen LogP) is 6.06. The first-order valence-corrected chi connectivity index (χ1v) is 11.3. The van der Waals surface area contributed by atoms with Gasteiger partial charge < -0.3 is 24.8 Å². The number of rotatable bonds is 10. The van der Waals surface area contributed by atoms with Crippen LogP contribution in [0, 0.1) is 0 Å². The van der Waals surface area contributed by atoms with E-state index in [1.807, 2.05) is 19.9 Å². The van der Waals surface area contributed by atoms with E-state index in [4.69, 9.17) is 37.4 Å². The fourth-order valence-corrected chi connectivity index (χ4v) is 3.34. The van der Waals surface area contributed by atoms with Crippen molar-refractivity contribution in [3.05, 3.63) is 76.3 Å². The molecule has 7 nitrogen and oxygen atoms in total. The van der Waals surface area contributed by atoms with Gasteiger partial charge in [-0.05, 0) is 38.1 Å². The lowest BCUT2D eigenvalue weighted by Crippen LogP contribution is -2.21. The maximum Gasteiger partial charge on any atom is 0.262 e. The van der Waals surface area contributed by atoms with E-state index in [1.54, 1.807) is 48.5 Å². The summed E-state index contributed by atoms with van der Waals surface area (Å²) in [6.45, 7) is 4.03. The van der Waals surface area contributed by atoms with Gasteiger partial charge in [0, 0.05) is 28.8 Å². The minimum absolute atomic E-state index is 0.295. The Morgan fingerprint density at radius 3 is 2.00 bits per heavy atom. The van der Waals surface area contributed by atoms with Crippen LogP contribution in [-0.2, 0) is 4.79 Å². The Kier molecular flexibility index (Phi) is 9.01. The first kappa shape index (κ1) is 25.2. The van der Waals surface area contributed by atoms with Gasteiger partial charge in [0.05, 0.1) is 29.6 Å². The zero-order chi connectivity index (χ0) is 24.5. The molecule has 3 aromatic carbocycles. The van der Waals surface area contributed by atoms with E-state index < -0.39 is 5.91 Å². The van der Waals surface area contributed by atoms with Crippen molar-refractivity contribution in [1.29, 1.82) is 0 Å². The van der Waals surface area contributed by atoms with Crippen LogP contribution in [0.15, 0.2) is 60.7 Å². The summed E-state index contributed by atoms with van der Waals surface area (Å²) in [7, 11) is 0. The monoisotopic (exact) mass is 502 g/mol. The average molecular weight is 503 g/mol. The molecule has 0 radical (unpaired) electrons. The molecule has 2 N–H and O–H groups in total. The van der Waals surface area contributed by atoms with Crippen LogP contribution >= 0.6 is 23.2 Å². The van der Waals surface area contributed by atoms with E-state index >= 15 is 0 Å². The second-order valence-corrected chi connectivity index (χ2v) is 7.79. The smallest absolute Gasteiger partial charge is 0.262 e. The topological polar surface area (TPSA) is 85.9 Å². The summed E-state index contributed by atoms with van der Waals surface area (Å²) in [4.78, 5) is 25.2. The number of carbonyl (C=O) groups is 2. The minimum atomic E-state index is -0.444. The maximum atomic E-state index is 12.7. The van der Waals surface area contributed by atoms with Crippen molar-refractivity contribution in [1.82, 2.24) is 0 Å². The summed E-state index contributed by atoms with van der Waals surface area (Å²) in [6.07, 6.45) is 0. The number of carbonyl (C=O) groups excluding carboxylic acids is 2. The van der Waals surface area contributed by atoms with Gasteiger partial charge in [0.2, 0.25) is 0 Å². The average Bonchev–Trinajstić information content (AvgIpc) is 2.83. The lowest BCUT2D eigenvalue weighted by atomic mass is 10.2. The molecule has 0 fully saturated rings. The molecule has 0 saturated heterocycles. The van der Waals surface area contributed by atoms with Crippen LogP contribution in [0.4, 0.5) is 11.4 Å². The number of benzene rings is 3. The first-order chi connectivity index (χ1) is 16.4. The molecule has 2 amide bonds. The molecule has 0 bridgehead atoms. The quantitative estimate of drug-likeness (QED) is 0.351. The molecule has 0 aliphatic rings. The number of amides is 2. The van der Waals surface area contributed by atoms with Crippen LogP contribution in [0.1, 0.15) is 24.2 Å². The van der Waals surface area contributed by atoms with E-state index in [0.29, 0.717) is 57.4 Å². The highest BCUT2D eigenvalue weighted by atomic mass is 35.5. The molecule has 0 saturated carbocycles. The predicted molar refractivity (Wildman–Crippen MR) is 134 cm³/mol. The Labute approximate surface area is 207 Å². The van der Waals surface area contributed by atoms with Crippen LogP contribution in [0.5, 0.6) is 17.2 Å². The molecule has 9 heteroatoms. The maximum absolute atomic E-state index is 12.7. The molecule has 0 spiro atoms. The molecule has 0 unspecified atom stereocenters. The molecule has 0 aliphatic carbocycles. The summed E-state index contributed by atoms with van der Waals surface area (Å²) in [5, 5.41) is 6.37. The fraction of sp³-hybridized carbons (Fsp3) is 0.200. The first-order valence-electron chi connectivity index (χ1n) is 10.6. The largest absolute Gasteiger partial charge is 0.492 e. The van der Waals surface area contributed by atoms with E-state index in [-0.39, 0.29) is 12.5 Å². The van der Waals surface area contributed by atoms with Gasteiger partial charge in [-0.25, -0.2) is 0 Å². The molecule has 3 rings (SSSR count). The lowest BCUT2D eigenvalue weighted by Gasteiger charge is -2.18. The van der Waals surface area contributed by atoms with Crippen molar-refractivity contribution in [2.24, 2.45) is 0 Å². The van der Waals surface area contributed by atoms with Crippen molar-refractivity contribution in [3.8, 4) is 17.2 Å². The molecular weight excluding hydrogens is 479 g/mol.